The van der Waals surface area contributed by atoms with Crippen molar-refractivity contribution in [2.24, 2.45) is 5.73 Å². The summed E-state index contributed by atoms with van der Waals surface area (Å²) in [7, 11) is 0. The van der Waals surface area contributed by atoms with Crippen molar-refractivity contribution in [3.63, 3.8) is 0 Å². The van der Waals surface area contributed by atoms with Gasteiger partial charge in [-0.05, 0) is 42.2 Å². The minimum Gasteiger partial charge on any atom is -0.321 e. The Kier molecular flexibility index (Phi) is 4.46. The van der Waals surface area contributed by atoms with Crippen molar-refractivity contribution >= 4 is 0 Å². The molecule has 2 N–H and O–H groups in total. The van der Waals surface area contributed by atoms with Gasteiger partial charge in [0.2, 0.25) is 0 Å². The van der Waals surface area contributed by atoms with E-state index in [1.807, 2.05) is 0 Å². The lowest BCUT2D eigenvalue weighted by Crippen LogP contribution is -2.21. The second kappa shape index (κ2) is 5.92. The van der Waals surface area contributed by atoms with Gasteiger partial charge in [-0.25, -0.2) is 0 Å². The predicted octanol–water partition coefficient (Wildman–Crippen LogP) is 4.87. The summed E-state index contributed by atoms with van der Waals surface area (Å²) in [5.74, 6) is 0. The maximum atomic E-state index is 6.57. The Bertz CT molecular complexity index is 451. The third-order valence-electron chi connectivity index (χ3n) is 4.08. The molecule has 1 nitrogen and oxygen atoms in total. The van der Waals surface area contributed by atoms with Crippen LogP contribution in [0, 0.1) is 0 Å². The maximum absolute atomic E-state index is 6.57. The highest BCUT2D eigenvalue weighted by Crippen LogP contribution is 2.34. The molecular weight excluding hydrogens is 230 g/mol. The minimum atomic E-state index is 0.0773. The lowest BCUT2D eigenvalue weighted by atomic mass is 9.80. The van der Waals surface area contributed by atoms with E-state index >= 15 is 0 Å². The third kappa shape index (κ3) is 3.48. The van der Waals surface area contributed by atoms with Gasteiger partial charge in [-0.2, -0.15) is 0 Å². The van der Waals surface area contributed by atoms with Crippen molar-refractivity contribution in [3.8, 4) is 0 Å². The first-order valence-corrected chi connectivity index (χ1v) is 7.54. The van der Waals surface area contributed by atoms with E-state index < -0.39 is 0 Å². The van der Waals surface area contributed by atoms with Gasteiger partial charge >= 0.3 is 0 Å². The molecule has 0 saturated carbocycles. The van der Waals surface area contributed by atoms with Crippen LogP contribution in [0.15, 0.2) is 35.9 Å². The fraction of sp³-hybridized carbons (Fsp3) is 0.556. The van der Waals surface area contributed by atoms with Crippen molar-refractivity contribution in [1.29, 1.82) is 0 Å². The molecule has 19 heavy (non-hydrogen) atoms. The van der Waals surface area contributed by atoms with E-state index in [9.17, 15) is 0 Å². The number of hydrogen-bond acceptors (Lipinski definition) is 1. The van der Waals surface area contributed by atoms with Gasteiger partial charge in [-0.3, -0.25) is 0 Å². The van der Waals surface area contributed by atoms with Gasteiger partial charge in [-0.15, -0.1) is 0 Å². The summed E-state index contributed by atoms with van der Waals surface area (Å²) in [5, 5.41) is 0. The van der Waals surface area contributed by atoms with Crippen LogP contribution in [0.25, 0.3) is 0 Å². The van der Waals surface area contributed by atoms with E-state index in [4.69, 9.17) is 5.73 Å². The topological polar surface area (TPSA) is 26.0 Å². The van der Waals surface area contributed by atoms with Crippen LogP contribution in [-0.4, -0.2) is 0 Å². The van der Waals surface area contributed by atoms with Gasteiger partial charge in [-0.1, -0.05) is 63.1 Å². The number of allylic oxidation sites excluding steroid dienone is 1. The first-order chi connectivity index (χ1) is 9.00. The Morgan fingerprint density at radius 1 is 1.05 bits per heavy atom. The summed E-state index contributed by atoms with van der Waals surface area (Å²) in [6.07, 6.45) is 8.69. The average molecular weight is 257 g/mol. The molecule has 1 heteroatoms. The molecule has 104 valence electrons. The molecule has 0 aliphatic heterocycles. The van der Waals surface area contributed by atoms with Crippen molar-refractivity contribution in [1.82, 2.24) is 0 Å². The predicted molar refractivity (Wildman–Crippen MR) is 83.2 cm³/mol. The second-order valence-electron chi connectivity index (χ2n) is 6.69. The first-order valence-electron chi connectivity index (χ1n) is 7.54. The number of hydrogen-bond donors (Lipinski definition) is 1. The summed E-state index contributed by atoms with van der Waals surface area (Å²) < 4.78 is 0. The fourth-order valence-corrected chi connectivity index (χ4v) is 2.97. The Labute approximate surface area is 117 Å². The van der Waals surface area contributed by atoms with E-state index in [-0.39, 0.29) is 11.5 Å². The van der Waals surface area contributed by atoms with Gasteiger partial charge in [0.25, 0.3) is 0 Å². The van der Waals surface area contributed by atoms with Crippen molar-refractivity contribution < 1.29 is 0 Å². The molecule has 1 atom stereocenters. The minimum absolute atomic E-state index is 0.0773. The summed E-state index contributed by atoms with van der Waals surface area (Å²) in [6, 6.07) is 8.75. The van der Waals surface area contributed by atoms with Crippen LogP contribution in [-0.2, 0) is 5.41 Å². The van der Waals surface area contributed by atoms with E-state index in [1.54, 1.807) is 0 Å². The second-order valence-corrected chi connectivity index (χ2v) is 6.69. The summed E-state index contributed by atoms with van der Waals surface area (Å²) >= 11 is 0. The molecule has 1 aliphatic rings. The highest BCUT2D eigenvalue weighted by Gasteiger charge is 2.22. The van der Waals surface area contributed by atoms with Crippen LogP contribution in [0.2, 0.25) is 0 Å². The summed E-state index contributed by atoms with van der Waals surface area (Å²) in [5.41, 5.74) is 10.9. The largest absolute Gasteiger partial charge is 0.321 e. The standard InChI is InChI=1S/C18H27N/c1-18(2,3)16-13-9-8-12-15(16)17(19)14-10-6-4-5-7-11-14/h8-10,12-13,17H,4-7,11,19H2,1-3H3. The Balaban J connectivity index is 2.33. The molecule has 0 fully saturated rings. The van der Waals surface area contributed by atoms with Crippen molar-refractivity contribution in [3.05, 3.63) is 47.0 Å². The van der Waals surface area contributed by atoms with Crippen LogP contribution in [0.1, 0.15) is 70.0 Å². The van der Waals surface area contributed by atoms with Gasteiger partial charge in [0.05, 0.1) is 6.04 Å². The van der Waals surface area contributed by atoms with E-state index in [0.29, 0.717) is 0 Å². The van der Waals surface area contributed by atoms with Crippen molar-refractivity contribution in [2.75, 3.05) is 0 Å². The van der Waals surface area contributed by atoms with E-state index in [1.165, 1.54) is 48.8 Å². The molecule has 0 spiro atoms. The first kappa shape index (κ1) is 14.3. The van der Waals surface area contributed by atoms with E-state index in [2.05, 4.69) is 51.1 Å². The maximum Gasteiger partial charge on any atom is 0.0513 e. The zero-order valence-electron chi connectivity index (χ0n) is 12.6. The van der Waals surface area contributed by atoms with Crippen LogP contribution < -0.4 is 5.73 Å². The molecule has 0 bridgehead atoms. The molecule has 1 aromatic carbocycles. The van der Waals surface area contributed by atoms with Crippen LogP contribution in [0.5, 0.6) is 0 Å². The molecule has 0 amide bonds. The van der Waals surface area contributed by atoms with Gasteiger partial charge in [0, 0.05) is 0 Å². The Morgan fingerprint density at radius 3 is 2.53 bits per heavy atom. The fourth-order valence-electron chi connectivity index (χ4n) is 2.97. The summed E-state index contributed by atoms with van der Waals surface area (Å²) in [6.45, 7) is 6.79. The Morgan fingerprint density at radius 2 is 1.79 bits per heavy atom. The normalized spacial score (nSPS) is 18.6. The monoisotopic (exact) mass is 257 g/mol. The number of benzene rings is 1. The highest BCUT2D eigenvalue weighted by atomic mass is 14.6. The molecule has 0 heterocycles. The molecular formula is C18H27N. The van der Waals surface area contributed by atoms with Crippen LogP contribution in [0.4, 0.5) is 0 Å². The SMILES string of the molecule is CC(C)(C)c1ccccc1C(N)C1=CCCCCC1. The zero-order valence-corrected chi connectivity index (χ0v) is 12.6. The van der Waals surface area contributed by atoms with E-state index in [0.717, 1.165) is 0 Å². The number of nitrogens with two attached hydrogens (primary N) is 1. The van der Waals surface area contributed by atoms with Gasteiger partial charge < -0.3 is 5.73 Å². The summed E-state index contributed by atoms with van der Waals surface area (Å²) in [4.78, 5) is 0. The van der Waals surface area contributed by atoms with Crippen LogP contribution in [0.3, 0.4) is 0 Å². The van der Waals surface area contributed by atoms with Gasteiger partial charge in [0.15, 0.2) is 0 Å². The molecule has 1 aliphatic carbocycles. The third-order valence-corrected chi connectivity index (χ3v) is 4.08. The molecule has 0 radical (unpaired) electrons. The lowest BCUT2D eigenvalue weighted by molar-refractivity contribution is 0.574. The Hall–Kier alpha value is -1.08. The van der Waals surface area contributed by atoms with Crippen molar-refractivity contribution in [2.45, 2.75) is 64.3 Å². The molecule has 0 saturated heterocycles. The lowest BCUT2D eigenvalue weighted by Gasteiger charge is -2.27. The highest BCUT2D eigenvalue weighted by molar-refractivity contribution is 5.39. The molecule has 1 aromatic rings. The smallest absolute Gasteiger partial charge is 0.0513 e. The number of rotatable bonds is 2. The molecule has 2 rings (SSSR count). The quantitative estimate of drug-likeness (QED) is 0.751. The molecule has 1 unspecified atom stereocenters. The average Bonchev–Trinajstić information content (AvgIpc) is 2.66. The zero-order chi connectivity index (χ0) is 13.9. The van der Waals surface area contributed by atoms with Crippen LogP contribution >= 0.6 is 0 Å². The van der Waals surface area contributed by atoms with Gasteiger partial charge in [0.1, 0.15) is 0 Å². The molecule has 0 aromatic heterocycles.